The highest BCUT2D eigenvalue weighted by molar-refractivity contribution is 4.71. The molecule has 0 radical (unpaired) electrons. The van der Waals surface area contributed by atoms with Gasteiger partial charge in [0.2, 0.25) is 0 Å². The van der Waals surface area contributed by atoms with Gasteiger partial charge in [-0.2, -0.15) is 0 Å². The second-order valence-electron chi connectivity index (χ2n) is 5.19. The minimum Gasteiger partial charge on any atom is -0.312 e. The van der Waals surface area contributed by atoms with Gasteiger partial charge in [-0.1, -0.05) is 20.8 Å². The summed E-state index contributed by atoms with van der Waals surface area (Å²) in [5.74, 6) is 1.65. The van der Waals surface area contributed by atoms with Crippen LogP contribution in [0.5, 0.6) is 0 Å². The van der Waals surface area contributed by atoms with E-state index in [-0.39, 0.29) is 5.54 Å². The van der Waals surface area contributed by atoms with Crippen LogP contribution in [0, 0.1) is 11.8 Å². The van der Waals surface area contributed by atoms with Crippen LogP contribution in [0.25, 0.3) is 0 Å². The summed E-state index contributed by atoms with van der Waals surface area (Å²) in [5.41, 5.74) is 0.275. The van der Waals surface area contributed by atoms with Gasteiger partial charge in [-0.05, 0) is 45.6 Å². The predicted octanol–water partition coefficient (Wildman–Crippen LogP) is 3.06. The summed E-state index contributed by atoms with van der Waals surface area (Å²) in [5, 5.41) is 3.51. The van der Waals surface area contributed by atoms with Crippen molar-refractivity contribution >= 4 is 0 Å². The standard InChI is InChI=1S/C11H25N/c1-9(2)10(3)7-8-12-11(4,5)6/h9-10,12H,7-8H2,1-6H3. The van der Waals surface area contributed by atoms with Crippen molar-refractivity contribution in [3.8, 4) is 0 Å². The van der Waals surface area contributed by atoms with Gasteiger partial charge < -0.3 is 5.32 Å². The Morgan fingerprint density at radius 3 is 1.92 bits per heavy atom. The van der Waals surface area contributed by atoms with Gasteiger partial charge in [0, 0.05) is 5.54 Å². The smallest absolute Gasteiger partial charge is 0.00965 e. The molecule has 1 N–H and O–H groups in total. The molecule has 0 saturated carbocycles. The highest BCUT2D eigenvalue weighted by Gasteiger charge is 2.10. The summed E-state index contributed by atoms with van der Waals surface area (Å²) in [4.78, 5) is 0. The first kappa shape index (κ1) is 12.0. The molecule has 0 saturated heterocycles. The highest BCUT2D eigenvalue weighted by atomic mass is 14.9. The van der Waals surface area contributed by atoms with Crippen molar-refractivity contribution in [2.45, 2.75) is 53.5 Å². The Kier molecular flexibility index (Phi) is 4.84. The molecule has 0 aromatic heterocycles. The topological polar surface area (TPSA) is 12.0 Å². The first-order chi connectivity index (χ1) is 5.33. The van der Waals surface area contributed by atoms with E-state index in [0.717, 1.165) is 18.4 Å². The maximum atomic E-state index is 3.51. The van der Waals surface area contributed by atoms with E-state index in [4.69, 9.17) is 0 Å². The van der Waals surface area contributed by atoms with Crippen LogP contribution < -0.4 is 5.32 Å². The fourth-order valence-corrected chi connectivity index (χ4v) is 1.01. The lowest BCUT2D eigenvalue weighted by molar-refractivity contribution is 0.348. The fourth-order valence-electron chi connectivity index (χ4n) is 1.01. The molecule has 0 fully saturated rings. The van der Waals surface area contributed by atoms with E-state index in [1.807, 2.05) is 0 Å². The van der Waals surface area contributed by atoms with Crippen molar-refractivity contribution in [1.82, 2.24) is 5.32 Å². The van der Waals surface area contributed by atoms with Gasteiger partial charge in [-0.15, -0.1) is 0 Å². The molecule has 1 heteroatoms. The number of rotatable bonds is 4. The summed E-state index contributed by atoms with van der Waals surface area (Å²) < 4.78 is 0. The largest absolute Gasteiger partial charge is 0.312 e. The normalized spacial score (nSPS) is 15.2. The molecule has 0 aliphatic rings. The van der Waals surface area contributed by atoms with Gasteiger partial charge in [0.05, 0.1) is 0 Å². The second kappa shape index (κ2) is 4.86. The lowest BCUT2D eigenvalue weighted by atomic mass is 9.94. The van der Waals surface area contributed by atoms with Gasteiger partial charge >= 0.3 is 0 Å². The van der Waals surface area contributed by atoms with Gasteiger partial charge in [0.25, 0.3) is 0 Å². The summed E-state index contributed by atoms with van der Waals surface area (Å²) >= 11 is 0. The molecule has 1 nitrogen and oxygen atoms in total. The van der Waals surface area contributed by atoms with Crippen LogP contribution in [0.2, 0.25) is 0 Å². The third kappa shape index (κ3) is 6.66. The zero-order valence-electron chi connectivity index (χ0n) is 9.57. The Bertz CT molecular complexity index is 111. The van der Waals surface area contributed by atoms with Crippen LogP contribution in [-0.4, -0.2) is 12.1 Å². The minimum absolute atomic E-state index is 0.275. The maximum Gasteiger partial charge on any atom is 0.00965 e. The van der Waals surface area contributed by atoms with E-state index in [9.17, 15) is 0 Å². The third-order valence-corrected chi connectivity index (χ3v) is 2.39. The predicted molar refractivity (Wildman–Crippen MR) is 56.4 cm³/mol. The van der Waals surface area contributed by atoms with Gasteiger partial charge in [0.15, 0.2) is 0 Å². The molecule has 0 heterocycles. The molecule has 0 spiro atoms. The van der Waals surface area contributed by atoms with Crippen LogP contribution in [0.4, 0.5) is 0 Å². The van der Waals surface area contributed by atoms with Gasteiger partial charge in [-0.3, -0.25) is 0 Å². The van der Waals surface area contributed by atoms with E-state index in [1.54, 1.807) is 0 Å². The molecule has 74 valence electrons. The van der Waals surface area contributed by atoms with E-state index in [2.05, 4.69) is 46.9 Å². The third-order valence-electron chi connectivity index (χ3n) is 2.39. The number of nitrogens with one attached hydrogen (secondary N) is 1. The highest BCUT2D eigenvalue weighted by Crippen LogP contribution is 2.13. The van der Waals surface area contributed by atoms with Crippen LogP contribution in [-0.2, 0) is 0 Å². The van der Waals surface area contributed by atoms with E-state index < -0.39 is 0 Å². The zero-order chi connectivity index (χ0) is 9.78. The average Bonchev–Trinajstić information content (AvgIpc) is 1.84. The van der Waals surface area contributed by atoms with E-state index >= 15 is 0 Å². The molecule has 0 aliphatic carbocycles. The first-order valence-corrected chi connectivity index (χ1v) is 5.08. The molecular formula is C11H25N. The Hall–Kier alpha value is -0.0400. The molecule has 0 amide bonds. The monoisotopic (exact) mass is 171 g/mol. The lowest BCUT2D eigenvalue weighted by Gasteiger charge is -2.23. The molecule has 1 atom stereocenters. The molecule has 1 unspecified atom stereocenters. The van der Waals surface area contributed by atoms with Crippen molar-refractivity contribution in [2.24, 2.45) is 11.8 Å². The fraction of sp³-hybridized carbons (Fsp3) is 1.00. The quantitative estimate of drug-likeness (QED) is 0.685. The van der Waals surface area contributed by atoms with Crippen molar-refractivity contribution < 1.29 is 0 Å². The zero-order valence-corrected chi connectivity index (χ0v) is 9.57. The van der Waals surface area contributed by atoms with Crippen molar-refractivity contribution in [3.63, 3.8) is 0 Å². The molecule has 0 bridgehead atoms. The average molecular weight is 171 g/mol. The molecule has 0 rings (SSSR count). The number of hydrogen-bond donors (Lipinski definition) is 1. The van der Waals surface area contributed by atoms with E-state index in [1.165, 1.54) is 6.42 Å². The SMILES string of the molecule is CC(C)C(C)CCNC(C)(C)C. The van der Waals surface area contributed by atoms with Gasteiger partial charge in [0.1, 0.15) is 0 Å². The van der Waals surface area contributed by atoms with Crippen molar-refractivity contribution in [3.05, 3.63) is 0 Å². The molecule has 0 aromatic carbocycles. The Balaban J connectivity index is 3.44. The second-order valence-corrected chi connectivity index (χ2v) is 5.19. The maximum absolute atomic E-state index is 3.51. The first-order valence-electron chi connectivity index (χ1n) is 5.08. The summed E-state index contributed by atoms with van der Waals surface area (Å²) in [6.07, 6.45) is 1.29. The summed E-state index contributed by atoms with van der Waals surface area (Å²) in [6.45, 7) is 14.7. The molecule has 0 aliphatic heterocycles. The Morgan fingerprint density at radius 2 is 1.58 bits per heavy atom. The van der Waals surface area contributed by atoms with Crippen LogP contribution >= 0.6 is 0 Å². The summed E-state index contributed by atoms with van der Waals surface area (Å²) in [6, 6.07) is 0. The Labute approximate surface area is 77.9 Å². The van der Waals surface area contributed by atoms with Gasteiger partial charge in [-0.25, -0.2) is 0 Å². The Morgan fingerprint density at radius 1 is 1.08 bits per heavy atom. The minimum atomic E-state index is 0.275. The lowest BCUT2D eigenvalue weighted by Crippen LogP contribution is -2.37. The van der Waals surface area contributed by atoms with Crippen LogP contribution in [0.15, 0.2) is 0 Å². The molecular weight excluding hydrogens is 146 g/mol. The molecule has 0 aromatic rings. The van der Waals surface area contributed by atoms with E-state index in [0.29, 0.717) is 0 Å². The van der Waals surface area contributed by atoms with Crippen LogP contribution in [0.1, 0.15) is 48.0 Å². The number of hydrogen-bond acceptors (Lipinski definition) is 1. The van der Waals surface area contributed by atoms with Crippen molar-refractivity contribution in [2.75, 3.05) is 6.54 Å². The van der Waals surface area contributed by atoms with Crippen LogP contribution in [0.3, 0.4) is 0 Å². The van der Waals surface area contributed by atoms with Crippen molar-refractivity contribution in [1.29, 1.82) is 0 Å². The molecule has 12 heavy (non-hydrogen) atoms. The summed E-state index contributed by atoms with van der Waals surface area (Å²) in [7, 11) is 0.